The fraction of sp³-hybridized carbons (Fsp3) is 0.500. The topological polar surface area (TPSA) is 91.3 Å². The van der Waals surface area contributed by atoms with Gasteiger partial charge in [0.15, 0.2) is 0 Å². The van der Waals surface area contributed by atoms with Crippen molar-refractivity contribution in [2.45, 2.75) is 37.0 Å². The molecule has 0 radical (unpaired) electrons. The van der Waals surface area contributed by atoms with Crippen molar-refractivity contribution in [1.82, 2.24) is 10.3 Å². The van der Waals surface area contributed by atoms with E-state index in [0.29, 0.717) is 10.9 Å². The first-order chi connectivity index (χ1) is 10.1. The summed E-state index contributed by atoms with van der Waals surface area (Å²) in [4.78, 5) is 26.4. The number of amides is 2. The Bertz CT molecular complexity index is 507. The highest BCUT2D eigenvalue weighted by atomic mass is 32.2. The van der Waals surface area contributed by atoms with Gasteiger partial charge in [0.25, 0.3) is 0 Å². The largest absolute Gasteiger partial charge is 0.477 e. The van der Waals surface area contributed by atoms with Gasteiger partial charge in [-0.15, -0.1) is 0 Å². The SMILES string of the molecule is CSC1CCCC(NC(=O)Nc2ccc(C(=O)O)nc2)C1. The number of anilines is 1. The Balaban J connectivity index is 1.85. The lowest BCUT2D eigenvalue weighted by Gasteiger charge is -2.28. The van der Waals surface area contributed by atoms with Crippen LogP contribution in [0.4, 0.5) is 10.5 Å². The number of nitrogens with one attached hydrogen (secondary N) is 2. The maximum Gasteiger partial charge on any atom is 0.354 e. The maximum absolute atomic E-state index is 11.9. The Morgan fingerprint density at radius 2 is 2.19 bits per heavy atom. The fourth-order valence-electron chi connectivity index (χ4n) is 2.44. The summed E-state index contributed by atoms with van der Waals surface area (Å²) in [6.07, 6.45) is 7.77. The Morgan fingerprint density at radius 1 is 1.38 bits per heavy atom. The molecular weight excluding hydrogens is 290 g/mol. The lowest BCUT2D eigenvalue weighted by Crippen LogP contribution is -2.41. The minimum Gasteiger partial charge on any atom is -0.477 e. The maximum atomic E-state index is 11.9. The van der Waals surface area contributed by atoms with Crippen LogP contribution in [-0.2, 0) is 0 Å². The van der Waals surface area contributed by atoms with Gasteiger partial charge >= 0.3 is 12.0 Å². The monoisotopic (exact) mass is 309 g/mol. The second-order valence-corrected chi connectivity index (χ2v) is 6.20. The molecule has 3 N–H and O–H groups in total. The van der Waals surface area contributed by atoms with Gasteiger partial charge in [-0.25, -0.2) is 14.6 Å². The number of aromatic carboxylic acids is 1. The molecule has 2 unspecified atom stereocenters. The van der Waals surface area contributed by atoms with E-state index in [0.717, 1.165) is 19.3 Å². The average molecular weight is 309 g/mol. The number of aromatic nitrogens is 1. The molecule has 0 aromatic carbocycles. The number of carboxylic acid groups (broad SMARTS) is 1. The summed E-state index contributed by atoms with van der Waals surface area (Å²) in [6, 6.07) is 2.82. The number of urea groups is 1. The molecule has 1 aliphatic carbocycles. The molecule has 0 aliphatic heterocycles. The van der Waals surface area contributed by atoms with Crippen LogP contribution >= 0.6 is 11.8 Å². The number of rotatable bonds is 4. The number of carbonyl (C=O) groups is 2. The molecule has 0 spiro atoms. The Hall–Kier alpha value is -1.76. The third-order valence-corrected chi connectivity index (χ3v) is 4.63. The normalized spacial score (nSPS) is 21.6. The molecule has 1 aromatic heterocycles. The summed E-state index contributed by atoms with van der Waals surface area (Å²) in [5.41, 5.74) is 0.436. The first kappa shape index (κ1) is 15.6. The number of hydrogen-bond acceptors (Lipinski definition) is 4. The number of carbonyl (C=O) groups excluding carboxylic acids is 1. The van der Waals surface area contributed by atoms with Crippen molar-refractivity contribution in [3.8, 4) is 0 Å². The first-order valence-electron chi connectivity index (χ1n) is 6.88. The number of nitrogens with zero attached hydrogens (tertiary/aromatic N) is 1. The first-order valence-corrected chi connectivity index (χ1v) is 8.17. The summed E-state index contributed by atoms with van der Waals surface area (Å²) in [6.45, 7) is 0. The molecule has 1 fully saturated rings. The summed E-state index contributed by atoms with van der Waals surface area (Å²) in [7, 11) is 0. The number of pyridine rings is 1. The van der Waals surface area contributed by atoms with Gasteiger partial charge in [-0.05, 0) is 37.7 Å². The Kier molecular flexibility index (Phi) is 5.44. The van der Waals surface area contributed by atoms with E-state index in [4.69, 9.17) is 5.11 Å². The number of carboxylic acids is 1. The summed E-state index contributed by atoms with van der Waals surface area (Å²) >= 11 is 1.85. The molecule has 1 heterocycles. The highest BCUT2D eigenvalue weighted by molar-refractivity contribution is 7.99. The fourth-order valence-corrected chi connectivity index (χ4v) is 3.26. The molecule has 0 bridgehead atoms. The Morgan fingerprint density at radius 3 is 2.81 bits per heavy atom. The van der Waals surface area contributed by atoms with Crippen molar-refractivity contribution in [3.63, 3.8) is 0 Å². The van der Waals surface area contributed by atoms with Gasteiger partial charge < -0.3 is 15.7 Å². The van der Waals surface area contributed by atoms with E-state index in [2.05, 4.69) is 21.9 Å². The molecule has 1 aromatic rings. The third kappa shape index (κ3) is 4.63. The van der Waals surface area contributed by atoms with Crippen molar-refractivity contribution >= 4 is 29.4 Å². The zero-order chi connectivity index (χ0) is 15.2. The van der Waals surface area contributed by atoms with E-state index < -0.39 is 5.97 Å². The van der Waals surface area contributed by atoms with Gasteiger partial charge in [0.1, 0.15) is 5.69 Å². The van der Waals surface area contributed by atoms with Crippen LogP contribution in [-0.4, -0.2) is 39.6 Å². The van der Waals surface area contributed by atoms with Crippen LogP contribution in [0.5, 0.6) is 0 Å². The predicted molar refractivity (Wildman–Crippen MR) is 82.9 cm³/mol. The molecule has 21 heavy (non-hydrogen) atoms. The van der Waals surface area contributed by atoms with E-state index in [1.165, 1.54) is 24.8 Å². The van der Waals surface area contributed by atoms with Gasteiger partial charge in [0.2, 0.25) is 0 Å². The lowest BCUT2D eigenvalue weighted by atomic mass is 9.95. The quantitative estimate of drug-likeness (QED) is 0.795. The van der Waals surface area contributed by atoms with Crippen molar-refractivity contribution in [2.24, 2.45) is 0 Å². The summed E-state index contributed by atoms with van der Waals surface area (Å²) < 4.78 is 0. The van der Waals surface area contributed by atoms with Gasteiger partial charge in [0.05, 0.1) is 11.9 Å². The molecule has 6 nitrogen and oxygen atoms in total. The summed E-state index contributed by atoms with van der Waals surface area (Å²) in [5, 5.41) is 15.0. The molecule has 1 aliphatic rings. The van der Waals surface area contributed by atoms with Gasteiger partial charge in [-0.2, -0.15) is 11.8 Å². The summed E-state index contributed by atoms with van der Waals surface area (Å²) in [5.74, 6) is -1.09. The van der Waals surface area contributed by atoms with Crippen LogP contribution in [0.25, 0.3) is 0 Å². The van der Waals surface area contributed by atoms with Crippen molar-refractivity contribution < 1.29 is 14.7 Å². The molecular formula is C14H19N3O3S. The van der Waals surface area contributed by atoms with E-state index >= 15 is 0 Å². The van der Waals surface area contributed by atoms with Crippen LogP contribution in [0.15, 0.2) is 18.3 Å². The minimum atomic E-state index is -1.09. The standard InChI is InChI=1S/C14H19N3O3S/c1-21-11-4-2-3-9(7-11)16-14(20)17-10-5-6-12(13(18)19)15-8-10/h5-6,8-9,11H,2-4,7H2,1H3,(H,18,19)(H2,16,17,20). The van der Waals surface area contributed by atoms with Crippen LogP contribution in [0, 0.1) is 0 Å². The van der Waals surface area contributed by atoms with Crippen molar-refractivity contribution in [2.75, 3.05) is 11.6 Å². The molecule has 114 valence electrons. The van der Waals surface area contributed by atoms with Crippen molar-refractivity contribution in [3.05, 3.63) is 24.0 Å². The predicted octanol–water partition coefficient (Wildman–Crippen LogP) is 2.58. The van der Waals surface area contributed by atoms with Crippen molar-refractivity contribution in [1.29, 1.82) is 0 Å². The van der Waals surface area contributed by atoms with E-state index in [1.807, 2.05) is 11.8 Å². The van der Waals surface area contributed by atoms with Crippen LogP contribution in [0.3, 0.4) is 0 Å². The second-order valence-electron chi connectivity index (χ2n) is 5.06. The lowest BCUT2D eigenvalue weighted by molar-refractivity contribution is 0.0690. The molecule has 0 saturated heterocycles. The molecule has 2 atom stereocenters. The zero-order valence-electron chi connectivity index (χ0n) is 11.8. The van der Waals surface area contributed by atoms with E-state index in [9.17, 15) is 9.59 Å². The highest BCUT2D eigenvalue weighted by Crippen LogP contribution is 2.26. The zero-order valence-corrected chi connectivity index (χ0v) is 12.7. The number of thioether (sulfide) groups is 1. The van der Waals surface area contributed by atoms with Crippen LogP contribution < -0.4 is 10.6 Å². The molecule has 2 rings (SSSR count). The van der Waals surface area contributed by atoms with Crippen LogP contribution in [0.2, 0.25) is 0 Å². The smallest absolute Gasteiger partial charge is 0.354 e. The molecule has 1 saturated carbocycles. The second kappa shape index (κ2) is 7.31. The third-order valence-electron chi connectivity index (χ3n) is 3.54. The molecule has 7 heteroatoms. The van der Waals surface area contributed by atoms with Gasteiger partial charge in [0, 0.05) is 11.3 Å². The van der Waals surface area contributed by atoms with E-state index in [1.54, 1.807) is 0 Å². The Labute approximate surface area is 127 Å². The number of hydrogen-bond donors (Lipinski definition) is 3. The van der Waals surface area contributed by atoms with Gasteiger partial charge in [-0.1, -0.05) is 6.42 Å². The minimum absolute atomic E-state index is 0.0453. The van der Waals surface area contributed by atoms with Crippen LogP contribution in [0.1, 0.15) is 36.2 Å². The molecule has 2 amide bonds. The van der Waals surface area contributed by atoms with Gasteiger partial charge in [-0.3, -0.25) is 0 Å². The average Bonchev–Trinajstić information content (AvgIpc) is 2.47. The van der Waals surface area contributed by atoms with E-state index in [-0.39, 0.29) is 17.8 Å². The highest BCUT2D eigenvalue weighted by Gasteiger charge is 2.22.